The molecule has 1 aliphatic rings. The van der Waals surface area contributed by atoms with Gasteiger partial charge in [-0.15, -0.1) is 0 Å². The Bertz CT molecular complexity index is 412. The molecule has 2 amide bonds. The molecule has 6 heteroatoms. The van der Waals surface area contributed by atoms with Crippen molar-refractivity contribution < 1.29 is 18.8 Å². The fraction of sp³-hybridized carbons (Fsp3) is 0.750. The number of nitrogens with zero attached hydrogens (tertiary/aromatic N) is 1. The fourth-order valence-corrected chi connectivity index (χ4v) is 5.71. The summed E-state index contributed by atoms with van der Waals surface area (Å²) in [7, 11) is -1.89. The normalized spacial score (nSPS) is 21.7. The molecule has 1 aliphatic heterocycles. The minimum Gasteiger partial charge on any atom is -0.445 e. The first-order valence-corrected chi connectivity index (χ1v) is 10.7. The third kappa shape index (κ3) is 3.60. The standard InChI is InChI=1S/C16H29NO4Si/c1-7-11-20-16(19)17-13(12(5)6)14(15(17)18)21-22(8-2,9-3)10-4/h7,12-14H,1,8-11H2,2-6H3/t13-,14+/m0/s1. The van der Waals surface area contributed by atoms with Gasteiger partial charge in [0.1, 0.15) is 12.7 Å². The Morgan fingerprint density at radius 3 is 2.27 bits per heavy atom. The lowest BCUT2D eigenvalue weighted by Crippen LogP contribution is -2.71. The van der Waals surface area contributed by atoms with Crippen molar-refractivity contribution in [3.05, 3.63) is 12.7 Å². The number of carbonyl (C=O) groups excluding carboxylic acids is 2. The number of hydrogen-bond donors (Lipinski definition) is 0. The van der Waals surface area contributed by atoms with Gasteiger partial charge in [-0.3, -0.25) is 4.79 Å². The maximum absolute atomic E-state index is 12.4. The number of rotatable bonds is 8. The number of imide groups is 1. The molecule has 0 spiro atoms. The average Bonchev–Trinajstić information content (AvgIpc) is 2.51. The lowest BCUT2D eigenvalue weighted by molar-refractivity contribution is -0.163. The Morgan fingerprint density at radius 1 is 1.32 bits per heavy atom. The first kappa shape index (κ1) is 18.9. The van der Waals surface area contributed by atoms with Crippen LogP contribution in [0.3, 0.4) is 0 Å². The predicted molar refractivity (Wildman–Crippen MR) is 89.1 cm³/mol. The molecule has 1 heterocycles. The van der Waals surface area contributed by atoms with Crippen LogP contribution in [0.1, 0.15) is 34.6 Å². The van der Waals surface area contributed by atoms with Crippen LogP contribution in [-0.2, 0) is 14.0 Å². The van der Waals surface area contributed by atoms with Crippen molar-refractivity contribution in [2.24, 2.45) is 5.92 Å². The smallest absolute Gasteiger partial charge is 0.417 e. The van der Waals surface area contributed by atoms with Crippen molar-refractivity contribution in [2.45, 2.75) is 64.9 Å². The first-order chi connectivity index (χ1) is 10.4. The highest BCUT2D eigenvalue weighted by Gasteiger charge is 2.55. The number of hydrogen-bond acceptors (Lipinski definition) is 4. The molecule has 5 nitrogen and oxygen atoms in total. The molecule has 2 atom stereocenters. The van der Waals surface area contributed by atoms with Gasteiger partial charge in [-0.2, -0.15) is 0 Å². The second-order valence-electron chi connectivity index (χ2n) is 6.09. The molecule has 126 valence electrons. The maximum Gasteiger partial charge on any atom is 0.417 e. The summed E-state index contributed by atoms with van der Waals surface area (Å²) in [5, 5.41) is 0. The molecule has 1 fully saturated rings. The first-order valence-electron chi connectivity index (χ1n) is 8.15. The molecular formula is C16H29NO4Si. The summed E-state index contributed by atoms with van der Waals surface area (Å²) in [5.74, 6) is -0.128. The minimum absolute atomic E-state index is 0.108. The van der Waals surface area contributed by atoms with E-state index in [-0.39, 0.29) is 24.5 Å². The van der Waals surface area contributed by atoms with Crippen molar-refractivity contribution in [1.82, 2.24) is 4.90 Å². The summed E-state index contributed by atoms with van der Waals surface area (Å²) in [5.41, 5.74) is 0. The van der Waals surface area contributed by atoms with Gasteiger partial charge < -0.3 is 9.16 Å². The topological polar surface area (TPSA) is 55.8 Å². The number of likely N-dealkylation sites (tertiary alicyclic amines) is 1. The molecule has 0 N–H and O–H groups in total. The van der Waals surface area contributed by atoms with Crippen molar-refractivity contribution in [3.8, 4) is 0 Å². The zero-order valence-corrected chi connectivity index (χ0v) is 15.4. The number of amides is 2. The average molecular weight is 327 g/mol. The van der Waals surface area contributed by atoms with Crippen LogP contribution >= 0.6 is 0 Å². The van der Waals surface area contributed by atoms with Crippen LogP contribution in [0.5, 0.6) is 0 Å². The van der Waals surface area contributed by atoms with E-state index in [2.05, 4.69) is 27.4 Å². The maximum atomic E-state index is 12.4. The van der Waals surface area contributed by atoms with Crippen molar-refractivity contribution in [1.29, 1.82) is 0 Å². The molecule has 0 unspecified atom stereocenters. The Hall–Kier alpha value is -1.14. The van der Waals surface area contributed by atoms with Crippen LogP contribution in [0.2, 0.25) is 18.1 Å². The van der Waals surface area contributed by atoms with Gasteiger partial charge in [0, 0.05) is 0 Å². The van der Waals surface area contributed by atoms with Crippen LogP contribution in [0.4, 0.5) is 4.79 Å². The van der Waals surface area contributed by atoms with E-state index in [1.54, 1.807) is 0 Å². The van der Waals surface area contributed by atoms with E-state index >= 15 is 0 Å². The second kappa shape index (κ2) is 7.92. The number of carbonyl (C=O) groups is 2. The van der Waals surface area contributed by atoms with E-state index in [1.165, 1.54) is 11.0 Å². The molecule has 0 saturated carbocycles. The summed E-state index contributed by atoms with van der Waals surface area (Å²) in [6.07, 6.45) is 0.395. The quantitative estimate of drug-likeness (QED) is 0.388. The van der Waals surface area contributed by atoms with Crippen molar-refractivity contribution >= 4 is 20.3 Å². The minimum atomic E-state index is -1.89. The van der Waals surface area contributed by atoms with E-state index in [0.29, 0.717) is 0 Å². The van der Waals surface area contributed by atoms with Gasteiger partial charge in [0.15, 0.2) is 8.32 Å². The van der Waals surface area contributed by atoms with Crippen molar-refractivity contribution in [3.63, 3.8) is 0 Å². The molecule has 0 aliphatic carbocycles. The molecule has 0 bridgehead atoms. The number of β-lactam (4-membered cyclic amide) rings is 1. The van der Waals surface area contributed by atoms with Gasteiger partial charge in [0.25, 0.3) is 5.91 Å². The van der Waals surface area contributed by atoms with Gasteiger partial charge in [0.2, 0.25) is 0 Å². The molecule has 0 aromatic rings. The molecular weight excluding hydrogens is 298 g/mol. The van der Waals surface area contributed by atoms with Crippen molar-refractivity contribution in [2.75, 3.05) is 6.61 Å². The Morgan fingerprint density at radius 2 is 1.86 bits per heavy atom. The van der Waals surface area contributed by atoms with Crippen LogP contribution in [0.15, 0.2) is 12.7 Å². The van der Waals surface area contributed by atoms with Crippen LogP contribution in [0.25, 0.3) is 0 Å². The van der Waals surface area contributed by atoms with E-state index < -0.39 is 20.5 Å². The molecule has 0 aromatic carbocycles. The van der Waals surface area contributed by atoms with Gasteiger partial charge >= 0.3 is 6.09 Å². The zero-order chi connectivity index (χ0) is 16.9. The second-order valence-corrected chi connectivity index (χ2v) is 10.8. The summed E-state index contributed by atoms with van der Waals surface area (Å²) >= 11 is 0. The largest absolute Gasteiger partial charge is 0.445 e. The third-order valence-corrected chi connectivity index (χ3v) is 9.22. The lowest BCUT2D eigenvalue weighted by Gasteiger charge is -2.49. The van der Waals surface area contributed by atoms with E-state index in [9.17, 15) is 9.59 Å². The summed E-state index contributed by atoms with van der Waals surface area (Å²) in [4.78, 5) is 25.6. The van der Waals surface area contributed by atoms with Gasteiger partial charge in [0.05, 0.1) is 6.04 Å². The summed E-state index contributed by atoms with van der Waals surface area (Å²) in [6, 6.07) is 2.71. The third-order valence-electron chi connectivity index (χ3n) is 4.60. The molecule has 22 heavy (non-hydrogen) atoms. The van der Waals surface area contributed by atoms with E-state index in [0.717, 1.165) is 18.1 Å². The van der Waals surface area contributed by atoms with Crippen LogP contribution in [-0.4, -0.2) is 44.0 Å². The monoisotopic (exact) mass is 327 g/mol. The van der Waals surface area contributed by atoms with Crippen LogP contribution in [0, 0.1) is 5.92 Å². The molecule has 1 saturated heterocycles. The molecule has 0 radical (unpaired) electrons. The molecule has 1 rings (SSSR count). The highest BCUT2D eigenvalue weighted by molar-refractivity contribution is 6.73. The molecule has 0 aromatic heterocycles. The highest BCUT2D eigenvalue weighted by Crippen LogP contribution is 2.34. The van der Waals surface area contributed by atoms with Gasteiger partial charge in [-0.25, -0.2) is 9.69 Å². The lowest BCUT2D eigenvalue weighted by atomic mass is 9.89. The predicted octanol–water partition coefficient (Wildman–Crippen LogP) is 3.57. The van der Waals surface area contributed by atoms with Gasteiger partial charge in [-0.05, 0) is 24.1 Å². The highest BCUT2D eigenvalue weighted by atomic mass is 28.4. The Labute approximate surface area is 134 Å². The SMILES string of the molecule is C=CCOC(=O)N1C(=O)[C@H](O[Si](CC)(CC)CC)[C@@H]1C(C)C. The summed E-state index contributed by atoms with van der Waals surface area (Å²) in [6.45, 7) is 14.0. The fourth-order valence-electron chi connectivity index (χ4n) is 2.93. The van der Waals surface area contributed by atoms with Gasteiger partial charge in [-0.1, -0.05) is 47.3 Å². The number of ether oxygens (including phenoxy) is 1. The Kier molecular flexibility index (Phi) is 6.81. The summed E-state index contributed by atoms with van der Waals surface area (Å²) < 4.78 is 11.3. The van der Waals surface area contributed by atoms with E-state index in [1.807, 2.05) is 13.8 Å². The van der Waals surface area contributed by atoms with E-state index in [4.69, 9.17) is 9.16 Å². The van der Waals surface area contributed by atoms with Crippen LogP contribution < -0.4 is 0 Å². The Balaban J connectivity index is 2.87. The zero-order valence-electron chi connectivity index (χ0n) is 14.4.